The van der Waals surface area contributed by atoms with E-state index in [1.165, 1.54) is 20.0 Å². The van der Waals surface area contributed by atoms with E-state index in [1.54, 1.807) is 6.07 Å². The predicted octanol–water partition coefficient (Wildman–Crippen LogP) is 4.17. The predicted molar refractivity (Wildman–Crippen MR) is 84.9 cm³/mol. The van der Waals surface area contributed by atoms with Crippen LogP contribution in [0.3, 0.4) is 0 Å². The molecule has 1 aromatic rings. The molecule has 3 heteroatoms. The highest BCUT2D eigenvalue weighted by Crippen LogP contribution is 2.43. The smallest absolute Gasteiger partial charge is 0.168 e. The van der Waals surface area contributed by atoms with Crippen molar-refractivity contribution < 1.29 is 9.13 Å². The molecule has 0 aliphatic heterocycles. The van der Waals surface area contributed by atoms with E-state index >= 15 is 0 Å². The molecule has 2 rings (SSSR count). The van der Waals surface area contributed by atoms with Crippen molar-refractivity contribution in [3.05, 3.63) is 29.6 Å². The Hall–Kier alpha value is -1.09. The molecule has 0 saturated heterocycles. The third-order valence-electron chi connectivity index (χ3n) is 5.30. The van der Waals surface area contributed by atoms with Crippen LogP contribution in [0.2, 0.25) is 0 Å². The summed E-state index contributed by atoms with van der Waals surface area (Å²) in [5.74, 6) is 1.63. The van der Waals surface area contributed by atoms with Gasteiger partial charge in [0, 0.05) is 0 Å². The van der Waals surface area contributed by atoms with Gasteiger partial charge in [-0.3, -0.25) is 0 Å². The highest BCUT2D eigenvalue weighted by molar-refractivity contribution is 5.32. The van der Waals surface area contributed by atoms with Crippen molar-refractivity contribution in [3.63, 3.8) is 0 Å². The van der Waals surface area contributed by atoms with Crippen molar-refractivity contribution >= 4 is 0 Å². The fourth-order valence-corrected chi connectivity index (χ4v) is 3.63. The summed E-state index contributed by atoms with van der Waals surface area (Å²) in [5.41, 5.74) is 6.87. The van der Waals surface area contributed by atoms with Crippen LogP contribution in [0.25, 0.3) is 0 Å². The van der Waals surface area contributed by atoms with E-state index in [0.717, 1.165) is 36.7 Å². The first-order valence-electron chi connectivity index (χ1n) is 8.03. The lowest BCUT2D eigenvalue weighted by atomic mass is 9.65. The average molecular weight is 293 g/mol. The SMILES string of the molecule is COc1cccc(CC2(CN)CCC(C(C)C)CC2)c1F. The van der Waals surface area contributed by atoms with Crippen LogP contribution < -0.4 is 10.5 Å². The van der Waals surface area contributed by atoms with Gasteiger partial charge in [-0.15, -0.1) is 0 Å². The van der Waals surface area contributed by atoms with Crippen LogP contribution in [0, 0.1) is 23.1 Å². The second-order valence-corrected chi connectivity index (χ2v) is 6.90. The molecule has 118 valence electrons. The monoisotopic (exact) mass is 293 g/mol. The fourth-order valence-electron chi connectivity index (χ4n) is 3.63. The molecule has 0 atom stereocenters. The lowest BCUT2D eigenvalue weighted by Gasteiger charge is -2.41. The molecule has 1 aliphatic carbocycles. The minimum Gasteiger partial charge on any atom is -0.494 e. The Morgan fingerprint density at radius 2 is 2.00 bits per heavy atom. The van der Waals surface area contributed by atoms with Gasteiger partial charge in [0.2, 0.25) is 0 Å². The lowest BCUT2D eigenvalue weighted by molar-refractivity contribution is 0.131. The molecular weight excluding hydrogens is 265 g/mol. The van der Waals surface area contributed by atoms with Crippen LogP contribution in [-0.4, -0.2) is 13.7 Å². The van der Waals surface area contributed by atoms with Crippen LogP contribution in [0.5, 0.6) is 5.75 Å². The first-order chi connectivity index (χ1) is 10.0. The molecule has 0 radical (unpaired) electrons. The van der Waals surface area contributed by atoms with Crippen molar-refractivity contribution in [1.29, 1.82) is 0 Å². The minimum absolute atomic E-state index is 0.0542. The number of ether oxygens (including phenoxy) is 1. The molecular formula is C18H28FNO. The fraction of sp³-hybridized carbons (Fsp3) is 0.667. The third-order valence-corrected chi connectivity index (χ3v) is 5.30. The van der Waals surface area contributed by atoms with Crippen LogP contribution in [-0.2, 0) is 6.42 Å². The van der Waals surface area contributed by atoms with Gasteiger partial charge in [-0.25, -0.2) is 4.39 Å². The Balaban J connectivity index is 2.13. The van der Waals surface area contributed by atoms with Gasteiger partial charge in [-0.1, -0.05) is 26.0 Å². The number of halogens is 1. The van der Waals surface area contributed by atoms with E-state index < -0.39 is 0 Å². The van der Waals surface area contributed by atoms with Gasteiger partial charge in [0.05, 0.1) is 7.11 Å². The molecule has 0 unspecified atom stereocenters. The van der Waals surface area contributed by atoms with Crippen LogP contribution in [0.4, 0.5) is 4.39 Å². The van der Waals surface area contributed by atoms with Gasteiger partial charge in [0.15, 0.2) is 11.6 Å². The summed E-state index contributed by atoms with van der Waals surface area (Å²) in [6, 6.07) is 5.40. The van der Waals surface area contributed by atoms with Gasteiger partial charge >= 0.3 is 0 Å². The lowest BCUT2D eigenvalue weighted by Crippen LogP contribution is -2.38. The molecule has 0 aromatic heterocycles. The van der Waals surface area contributed by atoms with E-state index in [9.17, 15) is 4.39 Å². The highest BCUT2D eigenvalue weighted by Gasteiger charge is 2.35. The summed E-state index contributed by atoms with van der Waals surface area (Å²) < 4.78 is 19.5. The summed E-state index contributed by atoms with van der Waals surface area (Å²) >= 11 is 0. The van der Waals surface area contributed by atoms with E-state index in [-0.39, 0.29) is 11.2 Å². The van der Waals surface area contributed by atoms with Crippen molar-refractivity contribution in [1.82, 2.24) is 0 Å². The zero-order valence-corrected chi connectivity index (χ0v) is 13.5. The molecule has 1 aliphatic rings. The number of rotatable bonds is 5. The van der Waals surface area contributed by atoms with Gasteiger partial charge < -0.3 is 10.5 Å². The summed E-state index contributed by atoms with van der Waals surface area (Å²) in [6.45, 7) is 5.22. The Morgan fingerprint density at radius 3 is 2.52 bits per heavy atom. The Kier molecular flexibility index (Phi) is 5.26. The summed E-state index contributed by atoms with van der Waals surface area (Å²) in [7, 11) is 1.51. The maximum absolute atomic E-state index is 14.4. The second-order valence-electron chi connectivity index (χ2n) is 6.90. The third kappa shape index (κ3) is 3.57. The molecule has 2 nitrogen and oxygen atoms in total. The molecule has 0 spiro atoms. The van der Waals surface area contributed by atoms with Gasteiger partial charge in [0.1, 0.15) is 0 Å². The number of hydrogen-bond acceptors (Lipinski definition) is 2. The summed E-state index contributed by atoms with van der Waals surface area (Å²) in [4.78, 5) is 0. The topological polar surface area (TPSA) is 35.2 Å². The van der Waals surface area contributed by atoms with Crippen molar-refractivity contribution in [3.8, 4) is 5.75 Å². The maximum atomic E-state index is 14.4. The van der Waals surface area contributed by atoms with Crippen molar-refractivity contribution in [2.45, 2.75) is 46.0 Å². The molecule has 0 amide bonds. The quantitative estimate of drug-likeness (QED) is 0.884. The highest BCUT2D eigenvalue weighted by atomic mass is 19.1. The molecule has 1 aromatic carbocycles. The molecule has 2 N–H and O–H groups in total. The molecule has 0 bridgehead atoms. The van der Waals surface area contributed by atoms with Crippen LogP contribution in [0.1, 0.15) is 45.1 Å². The Bertz CT molecular complexity index is 464. The standard InChI is InChI=1S/C18H28FNO/c1-13(2)14-7-9-18(12-20,10-8-14)11-15-5-4-6-16(21-3)17(15)19/h4-6,13-14H,7-12,20H2,1-3H3. The number of hydrogen-bond donors (Lipinski definition) is 1. The molecule has 21 heavy (non-hydrogen) atoms. The largest absolute Gasteiger partial charge is 0.494 e. The second kappa shape index (κ2) is 6.78. The van der Waals surface area contributed by atoms with E-state index in [0.29, 0.717) is 12.3 Å². The number of benzene rings is 1. The van der Waals surface area contributed by atoms with E-state index in [2.05, 4.69) is 13.8 Å². The zero-order chi connectivity index (χ0) is 15.5. The first kappa shape index (κ1) is 16.3. The zero-order valence-electron chi connectivity index (χ0n) is 13.5. The average Bonchev–Trinajstić information content (AvgIpc) is 2.50. The van der Waals surface area contributed by atoms with Gasteiger partial charge in [-0.05, 0) is 67.5 Å². The van der Waals surface area contributed by atoms with Gasteiger partial charge in [-0.2, -0.15) is 0 Å². The Morgan fingerprint density at radius 1 is 1.33 bits per heavy atom. The molecule has 1 saturated carbocycles. The van der Waals surface area contributed by atoms with Crippen LogP contribution in [0.15, 0.2) is 18.2 Å². The molecule has 1 fully saturated rings. The molecule has 0 heterocycles. The van der Waals surface area contributed by atoms with E-state index in [4.69, 9.17) is 10.5 Å². The van der Waals surface area contributed by atoms with Crippen LogP contribution >= 0.6 is 0 Å². The maximum Gasteiger partial charge on any atom is 0.168 e. The van der Waals surface area contributed by atoms with Crippen molar-refractivity contribution in [2.24, 2.45) is 23.0 Å². The normalized spacial score (nSPS) is 26.1. The number of nitrogens with two attached hydrogens (primary N) is 1. The number of methoxy groups -OCH3 is 1. The Labute approximate surface area is 127 Å². The first-order valence-corrected chi connectivity index (χ1v) is 8.03. The summed E-state index contributed by atoms with van der Waals surface area (Å²) in [6.07, 6.45) is 5.34. The summed E-state index contributed by atoms with van der Waals surface area (Å²) in [5, 5.41) is 0. The van der Waals surface area contributed by atoms with Crippen molar-refractivity contribution in [2.75, 3.05) is 13.7 Å². The minimum atomic E-state index is -0.223. The van der Waals surface area contributed by atoms with E-state index in [1.807, 2.05) is 12.1 Å². The van der Waals surface area contributed by atoms with Gasteiger partial charge in [0.25, 0.3) is 0 Å².